The van der Waals surface area contributed by atoms with Crippen molar-refractivity contribution in [3.8, 4) is 5.75 Å². The summed E-state index contributed by atoms with van der Waals surface area (Å²) in [6.45, 7) is 0. The first-order chi connectivity index (χ1) is 14.4. The van der Waals surface area contributed by atoms with Crippen molar-refractivity contribution < 1.29 is 34.8 Å². The van der Waals surface area contributed by atoms with E-state index in [-0.39, 0.29) is 23.3 Å². The molecule has 4 atom stereocenters. The number of nitrogens with zero attached hydrogens (tertiary/aromatic N) is 1. The second kappa shape index (κ2) is 7.04. The number of carbonyl (C=O) groups excluding carboxylic acids is 3. The van der Waals surface area contributed by atoms with Gasteiger partial charge in [0.15, 0.2) is 11.4 Å². The summed E-state index contributed by atoms with van der Waals surface area (Å²) in [4.78, 5) is 39.8. The third-order valence-corrected chi connectivity index (χ3v) is 7.42. The van der Waals surface area contributed by atoms with Gasteiger partial charge < -0.3 is 26.2 Å². The van der Waals surface area contributed by atoms with Gasteiger partial charge in [-0.3, -0.25) is 19.3 Å². The Morgan fingerprint density at radius 3 is 2.45 bits per heavy atom. The number of benzene rings is 1. The van der Waals surface area contributed by atoms with E-state index in [1.807, 2.05) is 22.6 Å². The minimum Gasteiger partial charge on any atom is -0.510 e. The number of carbonyl (C=O) groups is 3. The van der Waals surface area contributed by atoms with Crippen molar-refractivity contribution in [1.82, 2.24) is 4.90 Å². The van der Waals surface area contributed by atoms with Gasteiger partial charge in [0, 0.05) is 11.5 Å². The molecular formula is C21H21IN2O7. The third kappa shape index (κ3) is 2.77. The summed E-state index contributed by atoms with van der Waals surface area (Å²) in [7, 11) is 3.18. The standard InChI is InChI=1S/C21H21IN2O7/c1-24(2)14-9-6-8-5-7-3-4-10(22)15(25)11(7)16(26)12(8)18(28)21(9,31)19(29)13(17(14)27)20(23)30/h3-4,8-9,14,25,27-28,31H,5-6H2,1-2H3,(H2,23,30)/t8-,9-,14-,21-/m0/s1. The zero-order valence-electron chi connectivity index (χ0n) is 16.7. The monoisotopic (exact) mass is 540 g/mol. The molecule has 10 heteroatoms. The highest BCUT2D eigenvalue weighted by Crippen LogP contribution is 2.52. The molecule has 0 radical (unpaired) electrons. The number of rotatable bonds is 2. The van der Waals surface area contributed by atoms with Crippen molar-refractivity contribution in [2.45, 2.75) is 24.5 Å². The number of phenolic OH excluding ortho intramolecular Hbond substituents is 1. The van der Waals surface area contributed by atoms with E-state index in [4.69, 9.17) is 5.73 Å². The van der Waals surface area contributed by atoms with Gasteiger partial charge in [0.2, 0.25) is 5.78 Å². The second-order valence-corrected chi connectivity index (χ2v) is 9.56. The molecule has 1 aromatic carbocycles. The van der Waals surface area contributed by atoms with Crippen LogP contribution in [0.3, 0.4) is 0 Å². The largest absolute Gasteiger partial charge is 0.510 e. The number of likely N-dealkylation sites (N-methyl/N-ethyl adjacent to an activating group) is 1. The predicted molar refractivity (Wildman–Crippen MR) is 116 cm³/mol. The molecule has 1 aromatic rings. The number of aromatic hydroxyl groups is 1. The number of phenols is 1. The highest BCUT2D eigenvalue weighted by molar-refractivity contribution is 14.1. The fraction of sp³-hybridized carbons (Fsp3) is 0.381. The molecule has 4 rings (SSSR count). The number of halogens is 1. The van der Waals surface area contributed by atoms with E-state index in [0.29, 0.717) is 15.6 Å². The van der Waals surface area contributed by atoms with Crippen molar-refractivity contribution in [2.75, 3.05) is 14.1 Å². The Bertz CT molecular complexity index is 1120. The molecule has 0 heterocycles. The van der Waals surface area contributed by atoms with E-state index in [9.17, 15) is 34.8 Å². The zero-order chi connectivity index (χ0) is 23.0. The van der Waals surface area contributed by atoms with Crippen molar-refractivity contribution >= 4 is 40.1 Å². The number of amides is 1. The van der Waals surface area contributed by atoms with Crippen LogP contribution in [-0.4, -0.2) is 68.5 Å². The Morgan fingerprint density at radius 1 is 1.23 bits per heavy atom. The molecule has 1 amide bonds. The van der Waals surface area contributed by atoms with E-state index in [1.165, 1.54) is 4.90 Å². The van der Waals surface area contributed by atoms with E-state index in [1.54, 1.807) is 26.2 Å². The second-order valence-electron chi connectivity index (χ2n) is 8.39. The van der Waals surface area contributed by atoms with Gasteiger partial charge in [0.1, 0.15) is 22.8 Å². The molecule has 0 fully saturated rings. The topological polar surface area (TPSA) is 161 Å². The number of primary amides is 1. The van der Waals surface area contributed by atoms with Gasteiger partial charge in [0.25, 0.3) is 5.91 Å². The maximum absolute atomic E-state index is 13.3. The molecule has 31 heavy (non-hydrogen) atoms. The third-order valence-electron chi connectivity index (χ3n) is 6.55. The van der Waals surface area contributed by atoms with Crippen LogP contribution >= 0.6 is 22.6 Å². The minimum absolute atomic E-state index is 0.0210. The van der Waals surface area contributed by atoms with Gasteiger partial charge in [-0.1, -0.05) is 6.07 Å². The molecule has 3 aliphatic rings. The molecule has 0 aromatic heterocycles. The molecule has 9 nitrogen and oxygen atoms in total. The van der Waals surface area contributed by atoms with Crippen molar-refractivity contribution in [2.24, 2.45) is 17.6 Å². The molecule has 0 saturated heterocycles. The average Bonchev–Trinajstić information content (AvgIpc) is 2.67. The summed E-state index contributed by atoms with van der Waals surface area (Å²) >= 11 is 1.88. The molecule has 0 aliphatic heterocycles. The number of nitrogens with two attached hydrogens (primary N) is 1. The first-order valence-corrected chi connectivity index (χ1v) is 10.7. The van der Waals surface area contributed by atoms with Crippen LogP contribution in [0.2, 0.25) is 0 Å². The molecule has 164 valence electrons. The zero-order valence-corrected chi connectivity index (χ0v) is 18.9. The van der Waals surface area contributed by atoms with Crippen molar-refractivity contribution in [1.29, 1.82) is 0 Å². The minimum atomic E-state index is -2.61. The van der Waals surface area contributed by atoms with E-state index in [2.05, 4.69) is 0 Å². The molecule has 0 saturated carbocycles. The number of fused-ring (bicyclic) bond motifs is 3. The van der Waals surface area contributed by atoms with E-state index >= 15 is 0 Å². The quantitative estimate of drug-likeness (QED) is 0.271. The number of allylic oxidation sites excluding steroid dienone is 1. The van der Waals surface area contributed by atoms with Gasteiger partial charge in [0.05, 0.1) is 15.2 Å². The molecule has 3 aliphatic carbocycles. The highest BCUT2D eigenvalue weighted by atomic mass is 127. The Balaban J connectivity index is 1.97. The van der Waals surface area contributed by atoms with Gasteiger partial charge in [-0.2, -0.15) is 0 Å². The maximum Gasteiger partial charge on any atom is 0.255 e. The molecule has 0 unspecified atom stereocenters. The van der Waals surface area contributed by atoms with Crippen LogP contribution in [0.25, 0.3) is 0 Å². The summed E-state index contributed by atoms with van der Waals surface area (Å²) in [5.74, 6) is -6.40. The summed E-state index contributed by atoms with van der Waals surface area (Å²) in [5.41, 5.74) is 2.33. The summed E-state index contributed by atoms with van der Waals surface area (Å²) < 4.78 is 0.445. The smallest absolute Gasteiger partial charge is 0.255 e. The molecular weight excluding hydrogens is 519 g/mol. The van der Waals surface area contributed by atoms with Crippen molar-refractivity contribution in [3.05, 3.63) is 49.5 Å². The Hall–Kier alpha value is -2.44. The lowest BCUT2D eigenvalue weighted by Crippen LogP contribution is -2.63. The van der Waals surface area contributed by atoms with Crippen LogP contribution in [0.4, 0.5) is 0 Å². The first kappa shape index (κ1) is 21.8. The lowest BCUT2D eigenvalue weighted by atomic mass is 9.58. The number of hydrogen-bond acceptors (Lipinski definition) is 8. The summed E-state index contributed by atoms with van der Waals surface area (Å²) in [6, 6.07) is 2.41. The van der Waals surface area contributed by atoms with Crippen LogP contribution in [0, 0.1) is 15.4 Å². The summed E-state index contributed by atoms with van der Waals surface area (Å²) in [6.07, 6.45) is 0.373. The van der Waals surface area contributed by atoms with Crippen LogP contribution in [0.1, 0.15) is 22.3 Å². The Labute approximate surface area is 191 Å². The normalized spacial score (nSPS) is 30.3. The maximum atomic E-state index is 13.3. The highest BCUT2D eigenvalue weighted by Gasteiger charge is 2.63. The molecule has 0 bridgehead atoms. The Morgan fingerprint density at radius 2 is 1.87 bits per heavy atom. The lowest BCUT2D eigenvalue weighted by molar-refractivity contribution is -0.148. The molecule has 6 N–H and O–H groups in total. The van der Waals surface area contributed by atoms with Gasteiger partial charge in [-0.05, 0) is 67.1 Å². The summed E-state index contributed by atoms with van der Waals surface area (Å²) in [5, 5.41) is 43.7. The van der Waals surface area contributed by atoms with Gasteiger partial charge in [-0.15, -0.1) is 0 Å². The molecule has 0 spiro atoms. The fourth-order valence-corrected chi connectivity index (χ4v) is 5.65. The number of ketones is 2. The Kier molecular flexibility index (Phi) is 4.94. The van der Waals surface area contributed by atoms with Crippen LogP contribution in [0.5, 0.6) is 5.75 Å². The number of hydrogen-bond donors (Lipinski definition) is 5. The lowest BCUT2D eigenvalue weighted by Gasteiger charge is -2.50. The predicted octanol–water partition coefficient (Wildman–Crippen LogP) is 0.725. The van der Waals surface area contributed by atoms with Crippen LogP contribution in [-0.2, 0) is 16.0 Å². The van der Waals surface area contributed by atoms with E-state index in [0.717, 1.165) is 0 Å². The van der Waals surface area contributed by atoms with Crippen molar-refractivity contribution in [3.63, 3.8) is 0 Å². The van der Waals surface area contributed by atoms with E-state index < -0.39 is 58.0 Å². The average molecular weight is 540 g/mol. The fourth-order valence-electron chi connectivity index (χ4n) is 5.20. The number of Topliss-reactive ketones (excluding diaryl/α,β-unsaturated/α-hetero) is 2. The van der Waals surface area contributed by atoms with Gasteiger partial charge >= 0.3 is 0 Å². The number of aliphatic hydroxyl groups excluding tert-OH is 2. The number of aliphatic hydroxyl groups is 3. The van der Waals surface area contributed by atoms with Crippen LogP contribution < -0.4 is 5.73 Å². The SMILES string of the molecule is CN(C)[C@@H]1C(O)=C(C(N)=O)C(=O)[C@@]2(O)C(O)=C3C(=O)c4c(ccc(I)c4O)C[C@H]3C[C@@H]12. The van der Waals surface area contributed by atoms with Gasteiger partial charge in [-0.25, -0.2) is 0 Å². The first-order valence-electron chi connectivity index (χ1n) is 9.58. The van der Waals surface area contributed by atoms with Crippen LogP contribution in [0.15, 0.2) is 34.8 Å².